The van der Waals surface area contributed by atoms with Gasteiger partial charge in [-0.25, -0.2) is 4.98 Å². The van der Waals surface area contributed by atoms with Crippen LogP contribution in [0.25, 0.3) is 11.0 Å². The van der Waals surface area contributed by atoms with E-state index in [1.165, 1.54) is 0 Å². The summed E-state index contributed by atoms with van der Waals surface area (Å²) in [6.45, 7) is 2.76. The lowest BCUT2D eigenvalue weighted by Crippen LogP contribution is -2.22. The molecule has 130 valence electrons. The second kappa shape index (κ2) is 7.25. The molecule has 2 aromatic carbocycles. The first kappa shape index (κ1) is 17.5. The smallest absolute Gasteiger partial charge is 0.244 e. The summed E-state index contributed by atoms with van der Waals surface area (Å²) in [6.07, 6.45) is 0. The molecule has 0 atom stereocenters. The van der Waals surface area contributed by atoms with Crippen LogP contribution in [0, 0.1) is 6.92 Å². The molecule has 0 saturated carbocycles. The minimum Gasteiger partial charge on any atom is -0.324 e. The summed E-state index contributed by atoms with van der Waals surface area (Å²) in [5, 5.41) is 3.59. The molecule has 25 heavy (non-hydrogen) atoms. The summed E-state index contributed by atoms with van der Waals surface area (Å²) in [7, 11) is 3.97. The van der Waals surface area contributed by atoms with E-state index in [1.807, 2.05) is 73.0 Å². The van der Waals surface area contributed by atoms with Crippen molar-refractivity contribution in [3.05, 3.63) is 58.9 Å². The molecule has 5 nitrogen and oxygen atoms in total. The van der Waals surface area contributed by atoms with E-state index < -0.39 is 0 Å². The van der Waals surface area contributed by atoms with E-state index in [0.717, 1.165) is 28.1 Å². The van der Waals surface area contributed by atoms with Gasteiger partial charge in [0, 0.05) is 10.7 Å². The van der Waals surface area contributed by atoms with Gasteiger partial charge in [0.05, 0.1) is 17.6 Å². The molecule has 3 rings (SSSR count). The van der Waals surface area contributed by atoms with Crippen molar-refractivity contribution in [1.29, 1.82) is 0 Å². The molecule has 3 aromatic rings. The van der Waals surface area contributed by atoms with E-state index in [2.05, 4.69) is 10.3 Å². The maximum atomic E-state index is 12.6. The van der Waals surface area contributed by atoms with E-state index in [1.54, 1.807) is 0 Å². The summed E-state index contributed by atoms with van der Waals surface area (Å²) in [4.78, 5) is 19.3. The Bertz CT molecular complexity index is 917. The number of fused-ring (bicyclic) bond motifs is 1. The number of imidazole rings is 1. The normalized spacial score (nSPS) is 11.2. The molecule has 0 aliphatic rings. The number of para-hydroxylation sites is 2. The van der Waals surface area contributed by atoms with E-state index >= 15 is 0 Å². The van der Waals surface area contributed by atoms with Crippen LogP contribution in [-0.2, 0) is 17.9 Å². The quantitative estimate of drug-likeness (QED) is 0.758. The van der Waals surface area contributed by atoms with Gasteiger partial charge in [0.25, 0.3) is 0 Å². The molecular formula is C19H21ClN4O. The second-order valence-electron chi connectivity index (χ2n) is 6.30. The first-order valence-electron chi connectivity index (χ1n) is 8.09. The van der Waals surface area contributed by atoms with E-state index in [9.17, 15) is 4.79 Å². The number of rotatable bonds is 5. The number of amides is 1. The van der Waals surface area contributed by atoms with Crippen LogP contribution in [0.1, 0.15) is 11.4 Å². The topological polar surface area (TPSA) is 50.2 Å². The average Bonchev–Trinajstić information content (AvgIpc) is 2.89. The second-order valence-corrected chi connectivity index (χ2v) is 6.71. The van der Waals surface area contributed by atoms with Crippen LogP contribution in [0.5, 0.6) is 0 Å². The average molecular weight is 357 g/mol. The zero-order valence-corrected chi connectivity index (χ0v) is 15.3. The van der Waals surface area contributed by atoms with Crippen molar-refractivity contribution in [2.75, 3.05) is 19.4 Å². The minimum absolute atomic E-state index is 0.103. The molecule has 0 radical (unpaired) electrons. The molecule has 0 aliphatic heterocycles. The molecule has 0 saturated heterocycles. The van der Waals surface area contributed by atoms with Crippen molar-refractivity contribution in [3.8, 4) is 0 Å². The van der Waals surface area contributed by atoms with Crippen LogP contribution in [-0.4, -0.2) is 34.5 Å². The summed E-state index contributed by atoms with van der Waals surface area (Å²) in [5.41, 5.74) is 3.45. The molecule has 0 unspecified atom stereocenters. The Labute approximate surface area is 152 Å². The zero-order chi connectivity index (χ0) is 18.0. The van der Waals surface area contributed by atoms with Crippen molar-refractivity contribution in [3.63, 3.8) is 0 Å². The fraction of sp³-hybridized carbons (Fsp3) is 0.263. The van der Waals surface area contributed by atoms with Crippen LogP contribution in [0.15, 0.2) is 42.5 Å². The monoisotopic (exact) mass is 356 g/mol. The van der Waals surface area contributed by atoms with Gasteiger partial charge in [-0.05, 0) is 50.8 Å². The number of benzene rings is 2. The number of carbonyl (C=O) groups excluding carboxylic acids is 1. The maximum absolute atomic E-state index is 12.6. The van der Waals surface area contributed by atoms with Crippen molar-refractivity contribution >= 4 is 34.2 Å². The summed E-state index contributed by atoms with van der Waals surface area (Å²) >= 11 is 6.13. The van der Waals surface area contributed by atoms with E-state index in [4.69, 9.17) is 11.6 Å². The number of nitrogens with zero attached hydrogens (tertiary/aromatic N) is 3. The van der Waals surface area contributed by atoms with Crippen LogP contribution in [0.4, 0.5) is 5.69 Å². The standard InChI is InChI=1S/C19H21ClN4O/c1-13-14(20)7-6-9-15(13)22-19(25)12-24-17-10-5-4-8-16(17)21-18(24)11-23(2)3/h4-10H,11-12H2,1-3H3,(H,22,25). The van der Waals surface area contributed by atoms with Crippen molar-refractivity contribution in [1.82, 2.24) is 14.5 Å². The highest BCUT2D eigenvalue weighted by Gasteiger charge is 2.15. The number of nitrogens with one attached hydrogen (secondary N) is 1. The molecule has 0 spiro atoms. The highest BCUT2D eigenvalue weighted by molar-refractivity contribution is 6.31. The highest BCUT2D eigenvalue weighted by atomic mass is 35.5. The van der Waals surface area contributed by atoms with E-state index in [0.29, 0.717) is 11.6 Å². The SMILES string of the molecule is Cc1c(Cl)cccc1NC(=O)Cn1c(CN(C)C)nc2ccccc21. The summed E-state index contributed by atoms with van der Waals surface area (Å²) < 4.78 is 1.96. The number of carbonyl (C=O) groups is 1. The molecule has 1 heterocycles. The Morgan fingerprint density at radius 2 is 1.96 bits per heavy atom. The van der Waals surface area contributed by atoms with Gasteiger partial charge in [-0.2, -0.15) is 0 Å². The van der Waals surface area contributed by atoms with Gasteiger partial charge >= 0.3 is 0 Å². The molecule has 1 aromatic heterocycles. The van der Waals surface area contributed by atoms with Gasteiger partial charge in [-0.15, -0.1) is 0 Å². The number of aromatic nitrogens is 2. The lowest BCUT2D eigenvalue weighted by Gasteiger charge is -2.14. The van der Waals surface area contributed by atoms with Gasteiger partial charge in [-0.3, -0.25) is 4.79 Å². The van der Waals surface area contributed by atoms with Gasteiger partial charge in [0.15, 0.2) is 0 Å². The lowest BCUT2D eigenvalue weighted by atomic mass is 10.2. The summed E-state index contributed by atoms with van der Waals surface area (Å²) in [5.74, 6) is 0.762. The fourth-order valence-electron chi connectivity index (χ4n) is 2.78. The molecule has 1 N–H and O–H groups in total. The molecule has 0 bridgehead atoms. The highest BCUT2D eigenvalue weighted by Crippen LogP contribution is 2.23. The van der Waals surface area contributed by atoms with Crippen molar-refractivity contribution in [2.24, 2.45) is 0 Å². The van der Waals surface area contributed by atoms with Gasteiger partial charge in [0.1, 0.15) is 12.4 Å². The van der Waals surface area contributed by atoms with Gasteiger partial charge in [-0.1, -0.05) is 29.8 Å². The Morgan fingerprint density at radius 3 is 2.72 bits per heavy atom. The summed E-state index contributed by atoms with van der Waals surface area (Å²) in [6, 6.07) is 13.4. The lowest BCUT2D eigenvalue weighted by molar-refractivity contribution is -0.116. The fourth-order valence-corrected chi connectivity index (χ4v) is 2.96. The van der Waals surface area contributed by atoms with Gasteiger partial charge in [0.2, 0.25) is 5.91 Å². The van der Waals surface area contributed by atoms with Crippen molar-refractivity contribution < 1.29 is 4.79 Å². The largest absolute Gasteiger partial charge is 0.324 e. The number of anilines is 1. The van der Waals surface area contributed by atoms with Crippen LogP contribution in [0.3, 0.4) is 0 Å². The van der Waals surface area contributed by atoms with Crippen LogP contribution >= 0.6 is 11.6 Å². The number of hydrogen-bond acceptors (Lipinski definition) is 3. The predicted octanol–water partition coefficient (Wildman–Crippen LogP) is 3.70. The molecule has 0 aliphatic carbocycles. The van der Waals surface area contributed by atoms with Crippen LogP contribution in [0.2, 0.25) is 5.02 Å². The number of halogens is 1. The zero-order valence-electron chi connectivity index (χ0n) is 14.6. The van der Waals surface area contributed by atoms with Gasteiger partial charge < -0.3 is 14.8 Å². The van der Waals surface area contributed by atoms with Crippen LogP contribution < -0.4 is 5.32 Å². The number of hydrogen-bond donors (Lipinski definition) is 1. The first-order chi connectivity index (χ1) is 12.0. The third-order valence-corrected chi connectivity index (χ3v) is 4.44. The first-order valence-corrected chi connectivity index (χ1v) is 8.47. The maximum Gasteiger partial charge on any atom is 0.244 e. The molecule has 1 amide bonds. The Kier molecular flexibility index (Phi) is 5.06. The molecular weight excluding hydrogens is 336 g/mol. The Balaban J connectivity index is 1.88. The Hall–Kier alpha value is -2.37. The minimum atomic E-state index is -0.103. The molecule has 0 fully saturated rings. The Morgan fingerprint density at radius 1 is 1.20 bits per heavy atom. The van der Waals surface area contributed by atoms with Crippen molar-refractivity contribution in [2.45, 2.75) is 20.0 Å². The van der Waals surface area contributed by atoms with E-state index in [-0.39, 0.29) is 12.5 Å². The third-order valence-electron chi connectivity index (χ3n) is 4.03. The third kappa shape index (κ3) is 3.83. The predicted molar refractivity (Wildman–Crippen MR) is 102 cm³/mol. The molecule has 6 heteroatoms.